The number of halogens is 1. The van der Waals surface area contributed by atoms with Gasteiger partial charge in [-0.15, -0.1) is 0 Å². The molecule has 0 saturated heterocycles. The minimum Gasteiger partial charge on any atom is -0.484 e. The van der Waals surface area contributed by atoms with E-state index >= 15 is 0 Å². The van der Waals surface area contributed by atoms with Crippen molar-refractivity contribution in [1.82, 2.24) is 0 Å². The second-order valence-corrected chi connectivity index (χ2v) is 7.46. The van der Waals surface area contributed by atoms with Crippen LogP contribution in [0, 0.1) is 12.3 Å². The lowest BCUT2D eigenvalue weighted by atomic mass is 9.95. The van der Waals surface area contributed by atoms with Gasteiger partial charge in [0.25, 0.3) is 5.91 Å². The van der Waals surface area contributed by atoms with Crippen LogP contribution in [0.3, 0.4) is 0 Å². The number of aryl methyl sites for hydroxylation is 1. The largest absolute Gasteiger partial charge is 0.484 e. The molecule has 0 fully saturated rings. The van der Waals surface area contributed by atoms with Crippen LogP contribution in [0.1, 0.15) is 26.3 Å². The standard InChI is InChI=1S/C20H23ClN2O3/c1-13-5-8-15(22-19(25)20(2,3)4)11-17(13)23-18(24)12-26-16-9-6-14(21)7-10-16/h5-11H,12H2,1-4H3,(H,22,25)(H,23,24). The maximum absolute atomic E-state index is 12.1. The van der Waals surface area contributed by atoms with E-state index in [4.69, 9.17) is 16.3 Å². The number of hydrogen-bond acceptors (Lipinski definition) is 3. The quantitative estimate of drug-likeness (QED) is 0.800. The van der Waals surface area contributed by atoms with E-state index in [-0.39, 0.29) is 18.4 Å². The molecule has 0 bridgehead atoms. The minimum atomic E-state index is -0.499. The highest BCUT2D eigenvalue weighted by Gasteiger charge is 2.21. The lowest BCUT2D eigenvalue weighted by Gasteiger charge is -2.18. The van der Waals surface area contributed by atoms with E-state index in [9.17, 15) is 9.59 Å². The van der Waals surface area contributed by atoms with E-state index in [0.717, 1.165) is 5.56 Å². The fourth-order valence-corrected chi connectivity index (χ4v) is 2.15. The molecule has 2 rings (SSSR count). The number of carbonyl (C=O) groups excluding carboxylic acids is 2. The summed E-state index contributed by atoms with van der Waals surface area (Å²) in [5.74, 6) is 0.180. The molecule has 5 nitrogen and oxygen atoms in total. The van der Waals surface area contributed by atoms with Crippen molar-refractivity contribution in [2.45, 2.75) is 27.7 Å². The van der Waals surface area contributed by atoms with Crippen molar-refractivity contribution in [3.63, 3.8) is 0 Å². The van der Waals surface area contributed by atoms with Gasteiger partial charge in [0.05, 0.1) is 0 Å². The molecular formula is C20H23ClN2O3. The van der Waals surface area contributed by atoms with Crippen molar-refractivity contribution in [3.05, 3.63) is 53.1 Å². The number of hydrogen-bond donors (Lipinski definition) is 2. The number of carbonyl (C=O) groups is 2. The van der Waals surface area contributed by atoms with Gasteiger partial charge in [0.1, 0.15) is 5.75 Å². The van der Waals surface area contributed by atoms with Crippen LogP contribution < -0.4 is 15.4 Å². The van der Waals surface area contributed by atoms with E-state index in [1.54, 1.807) is 36.4 Å². The summed E-state index contributed by atoms with van der Waals surface area (Å²) in [6, 6.07) is 12.2. The first kappa shape index (κ1) is 19.8. The van der Waals surface area contributed by atoms with Crippen LogP contribution in [0.15, 0.2) is 42.5 Å². The van der Waals surface area contributed by atoms with Crippen LogP contribution in [0.4, 0.5) is 11.4 Å². The van der Waals surface area contributed by atoms with E-state index < -0.39 is 5.41 Å². The van der Waals surface area contributed by atoms with Crippen LogP contribution in [-0.2, 0) is 9.59 Å². The Morgan fingerprint density at radius 2 is 1.69 bits per heavy atom. The van der Waals surface area contributed by atoms with Crippen molar-refractivity contribution in [1.29, 1.82) is 0 Å². The molecule has 0 spiro atoms. The summed E-state index contributed by atoms with van der Waals surface area (Å²) >= 11 is 5.81. The molecule has 6 heteroatoms. The molecule has 26 heavy (non-hydrogen) atoms. The number of rotatable bonds is 5. The van der Waals surface area contributed by atoms with E-state index in [1.165, 1.54) is 0 Å². The topological polar surface area (TPSA) is 67.4 Å². The molecule has 0 radical (unpaired) electrons. The predicted octanol–water partition coefficient (Wildman–Crippen LogP) is 4.65. The Kier molecular flexibility index (Phi) is 6.27. The van der Waals surface area contributed by atoms with Gasteiger partial charge < -0.3 is 15.4 Å². The van der Waals surface area contributed by atoms with Crippen molar-refractivity contribution < 1.29 is 14.3 Å². The lowest BCUT2D eigenvalue weighted by Crippen LogP contribution is -2.27. The third-order valence-electron chi connectivity index (χ3n) is 3.63. The van der Waals surface area contributed by atoms with Gasteiger partial charge in [0.2, 0.25) is 5.91 Å². The predicted molar refractivity (Wildman–Crippen MR) is 105 cm³/mol. The molecule has 2 N–H and O–H groups in total. The lowest BCUT2D eigenvalue weighted by molar-refractivity contribution is -0.123. The molecule has 0 aliphatic carbocycles. The third kappa shape index (κ3) is 5.77. The van der Waals surface area contributed by atoms with Gasteiger partial charge in [-0.1, -0.05) is 38.4 Å². The Hall–Kier alpha value is -2.53. The zero-order chi connectivity index (χ0) is 19.3. The smallest absolute Gasteiger partial charge is 0.262 e. The summed E-state index contributed by atoms with van der Waals surface area (Å²) in [6.45, 7) is 7.28. The van der Waals surface area contributed by atoms with Crippen molar-refractivity contribution >= 4 is 34.8 Å². The Balaban J connectivity index is 1.99. The van der Waals surface area contributed by atoms with E-state index in [1.807, 2.05) is 33.8 Å². The second-order valence-electron chi connectivity index (χ2n) is 7.02. The van der Waals surface area contributed by atoms with Gasteiger partial charge in [-0.2, -0.15) is 0 Å². The molecule has 0 saturated carbocycles. The monoisotopic (exact) mass is 374 g/mol. The maximum Gasteiger partial charge on any atom is 0.262 e. The Morgan fingerprint density at radius 1 is 1.04 bits per heavy atom. The molecule has 0 aliphatic rings. The van der Waals surface area contributed by atoms with Crippen LogP contribution in [0.5, 0.6) is 5.75 Å². The second kappa shape index (κ2) is 8.23. The average molecular weight is 375 g/mol. The highest BCUT2D eigenvalue weighted by Crippen LogP contribution is 2.23. The zero-order valence-corrected chi connectivity index (χ0v) is 16.1. The first-order valence-corrected chi connectivity index (χ1v) is 8.63. The summed E-state index contributed by atoms with van der Waals surface area (Å²) in [5, 5.41) is 6.26. The van der Waals surface area contributed by atoms with Gasteiger partial charge in [0.15, 0.2) is 6.61 Å². The molecule has 0 heterocycles. The van der Waals surface area contributed by atoms with Gasteiger partial charge in [-0.25, -0.2) is 0 Å². The molecule has 2 aromatic rings. The van der Waals surface area contributed by atoms with Gasteiger partial charge in [0, 0.05) is 21.8 Å². The number of amides is 2. The fourth-order valence-electron chi connectivity index (χ4n) is 2.02. The summed E-state index contributed by atoms with van der Waals surface area (Å²) in [5.41, 5.74) is 1.64. The SMILES string of the molecule is Cc1ccc(NC(=O)C(C)(C)C)cc1NC(=O)COc1ccc(Cl)cc1. The van der Waals surface area contributed by atoms with Crippen LogP contribution >= 0.6 is 11.6 Å². The zero-order valence-electron chi connectivity index (χ0n) is 15.4. The first-order valence-electron chi connectivity index (χ1n) is 8.25. The molecule has 2 aromatic carbocycles. The van der Waals surface area contributed by atoms with Gasteiger partial charge in [-0.05, 0) is 48.9 Å². The third-order valence-corrected chi connectivity index (χ3v) is 3.89. The Morgan fingerprint density at radius 3 is 2.31 bits per heavy atom. The van der Waals surface area contributed by atoms with Crippen molar-refractivity contribution in [2.75, 3.05) is 17.2 Å². The summed E-state index contributed by atoms with van der Waals surface area (Å²) < 4.78 is 5.43. The molecular weight excluding hydrogens is 352 g/mol. The Labute approximate surface area is 158 Å². The van der Waals surface area contributed by atoms with E-state index in [0.29, 0.717) is 22.1 Å². The highest BCUT2D eigenvalue weighted by atomic mass is 35.5. The maximum atomic E-state index is 12.1. The normalized spacial score (nSPS) is 11.0. The molecule has 0 aliphatic heterocycles. The summed E-state index contributed by atoms with van der Waals surface area (Å²) in [7, 11) is 0. The summed E-state index contributed by atoms with van der Waals surface area (Å²) in [4.78, 5) is 24.3. The number of anilines is 2. The van der Waals surface area contributed by atoms with Crippen LogP contribution in [0.2, 0.25) is 5.02 Å². The van der Waals surface area contributed by atoms with Crippen molar-refractivity contribution in [3.8, 4) is 5.75 Å². The van der Waals surface area contributed by atoms with Crippen molar-refractivity contribution in [2.24, 2.45) is 5.41 Å². The van der Waals surface area contributed by atoms with Crippen LogP contribution in [-0.4, -0.2) is 18.4 Å². The van der Waals surface area contributed by atoms with Crippen LogP contribution in [0.25, 0.3) is 0 Å². The number of benzene rings is 2. The molecule has 2 amide bonds. The Bertz CT molecular complexity index is 796. The minimum absolute atomic E-state index is 0.0929. The molecule has 0 unspecified atom stereocenters. The average Bonchev–Trinajstić information content (AvgIpc) is 2.56. The van der Waals surface area contributed by atoms with Gasteiger partial charge in [-0.3, -0.25) is 9.59 Å². The van der Waals surface area contributed by atoms with Gasteiger partial charge >= 0.3 is 0 Å². The molecule has 138 valence electrons. The fraction of sp³-hybridized carbons (Fsp3) is 0.300. The molecule has 0 aromatic heterocycles. The summed E-state index contributed by atoms with van der Waals surface area (Å²) in [6.07, 6.45) is 0. The highest BCUT2D eigenvalue weighted by molar-refractivity contribution is 6.30. The number of nitrogens with one attached hydrogen (secondary N) is 2. The van der Waals surface area contributed by atoms with E-state index in [2.05, 4.69) is 10.6 Å². The molecule has 0 atom stereocenters. The first-order chi connectivity index (χ1) is 12.1. The number of ether oxygens (including phenoxy) is 1.